The van der Waals surface area contributed by atoms with E-state index in [4.69, 9.17) is 4.42 Å². The molecule has 1 aliphatic rings. The van der Waals surface area contributed by atoms with Gasteiger partial charge in [0.2, 0.25) is 5.91 Å². The third kappa shape index (κ3) is 2.18. The maximum Gasteiger partial charge on any atom is 0.219 e. The van der Waals surface area contributed by atoms with Crippen LogP contribution < -0.4 is 5.32 Å². The van der Waals surface area contributed by atoms with Crippen LogP contribution in [0.4, 0.5) is 0 Å². The van der Waals surface area contributed by atoms with E-state index in [-0.39, 0.29) is 18.0 Å². The van der Waals surface area contributed by atoms with Gasteiger partial charge < -0.3 is 14.6 Å². The fourth-order valence-electron chi connectivity index (χ4n) is 1.90. The van der Waals surface area contributed by atoms with Crippen molar-refractivity contribution in [3.05, 3.63) is 18.4 Å². The number of piperazine rings is 1. The van der Waals surface area contributed by atoms with Gasteiger partial charge in [-0.3, -0.25) is 4.79 Å². The summed E-state index contributed by atoms with van der Waals surface area (Å²) in [4.78, 5) is 17.0. The van der Waals surface area contributed by atoms with Crippen molar-refractivity contribution in [2.24, 2.45) is 0 Å². The minimum Gasteiger partial charge on any atom is -0.447 e. The molecule has 2 atom stereocenters. The molecule has 5 nitrogen and oxygen atoms in total. The lowest BCUT2D eigenvalue weighted by Gasteiger charge is -2.36. The molecular weight excluding hydrogens is 194 g/mol. The summed E-state index contributed by atoms with van der Waals surface area (Å²) < 4.78 is 5.24. The van der Waals surface area contributed by atoms with Gasteiger partial charge in [0.1, 0.15) is 5.76 Å². The number of rotatable bonds is 1. The van der Waals surface area contributed by atoms with Crippen LogP contribution in [0.5, 0.6) is 0 Å². The summed E-state index contributed by atoms with van der Waals surface area (Å²) in [5.41, 5.74) is 0. The third-order valence-electron chi connectivity index (χ3n) is 2.62. The highest BCUT2D eigenvalue weighted by Gasteiger charge is 2.28. The lowest BCUT2D eigenvalue weighted by molar-refractivity contribution is -0.130. The molecule has 0 saturated carbocycles. The minimum atomic E-state index is 0.0557. The smallest absolute Gasteiger partial charge is 0.219 e. The number of nitrogens with one attached hydrogen (secondary N) is 1. The number of nitrogens with zero attached hydrogens (tertiary/aromatic N) is 2. The number of amides is 1. The maximum absolute atomic E-state index is 11.3. The molecule has 82 valence electrons. The van der Waals surface area contributed by atoms with Gasteiger partial charge in [-0.05, 0) is 6.92 Å². The van der Waals surface area contributed by atoms with Gasteiger partial charge in [-0.15, -0.1) is 0 Å². The van der Waals surface area contributed by atoms with Crippen molar-refractivity contribution < 1.29 is 9.21 Å². The van der Waals surface area contributed by atoms with Gasteiger partial charge in [0.25, 0.3) is 0 Å². The van der Waals surface area contributed by atoms with Gasteiger partial charge >= 0.3 is 0 Å². The molecule has 0 bridgehead atoms. The average molecular weight is 209 g/mol. The first-order valence-corrected chi connectivity index (χ1v) is 5.06. The summed E-state index contributed by atoms with van der Waals surface area (Å²) >= 11 is 0. The van der Waals surface area contributed by atoms with Crippen LogP contribution in [0.15, 0.2) is 17.0 Å². The van der Waals surface area contributed by atoms with E-state index in [1.165, 1.54) is 6.39 Å². The molecule has 5 heteroatoms. The van der Waals surface area contributed by atoms with E-state index in [0.717, 1.165) is 12.3 Å². The highest BCUT2D eigenvalue weighted by molar-refractivity contribution is 5.73. The Hall–Kier alpha value is -1.36. The molecule has 0 aromatic carbocycles. The second-order valence-corrected chi connectivity index (χ2v) is 3.95. The van der Waals surface area contributed by atoms with Crippen LogP contribution in [-0.4, -0.2) is 34.9 Å². The molecule has 2 rings (SSSR count). The van der Waals surface area contributed by atoms with Crippen molar-refractivity contribution in [2.75, 3.05) is 13.1 Å². The van der Waals surface area contributed by atoms with Crippen LogP contribution in [0.1, 0.15) is 25.6 Å². The molecule has 1 aromatic rings. The van der Waals surface area contributed by atoms with E-state index >= 15 is 0 Å². The summed E-state index contributed by atoms with van der Waals surface area (Å²) in [5, 5.41) is 3.38. The Kier molecular flexibility index (Phi) is 2.73. The highest BCUT2D eigenvalue weighted by atomic mass is 16.3. The van der Waals surface area contributed by atoms with Crippen LogP contribution in [0.25, 0.3) is 0 Å². The lowest BCUT2D eigenvalue weighted by atomic mass is 10.1. The molecule has 1 amide bonds. The number of carbonyl (C=O) groups excluding carboxylic acids is 1. The molecule has 2 unspecified atom stereocenters. The summed E-state index contributed by atoms with van der Waals surface area (Å²) in [7, 11) is 0. The summed E-state index contributed by atoms with van der Waals surface area (Å²) in [6, 6.07) is 0.331. The van der Waals surface area contributed by atoms with Gasteiger partial charge in [0, 0.05) is 26.1 Å². The second-order valence-electron chi connectivity index (χ2n) is 3.95. The van der Waals surface area contributed by atoms with Crippen molar-refractivity contribution in [1.82, 2.24) is 15.2 Å². The molecular formula is C10H15N3O2. The predicted molar refractivity (Wildman–Crippen MR) is 54.1 cm³/mol. The number of oxazole rings is 1. The van der Waals surface area contributed by atoms with Crippen LogP contribution >= 0.6 is 0 Å². The maximum atomic E-state index is 11.3. The van der Waals surface area contributed by atoms with Gasteiger partial charge in [-0.1, -0.05) is 0 Å². The first-order chi connectivity index (χ1) is 7.16. The monoisotopic (exact) mass is 209 g/mol. The zero-order valence-electron chi connectivity index (χ0n) is 8.93. The quantitative estimate of drug-likeness (QED) is 0.734. The van der Waals surface area contributed by atoms with Crippen molar-refractivity contribution >= 4 is 5.91 Å². The largest absolute Gasteiger partial charge is 0.447 e. The zero-order chi connectivity index (χ0) is 10.8. The second kappa shape index (κ2) is 4.02. The van der Waals surface area contributed by atoms with Crippen molar-refractivity contribution in [3.63, 3.8) is 0 Å². The Balaban J connectivity index is 2.10. The van der Waals surface area contributed by atoms with Crippen LogP contribution in [0.2, 0.25) is 0 Å². The van der Waals surface area contributed by atoms with Gasteiger partial charge in [0.05, 0.1) is 12.2 Å². The zero-order valence-corrected chi connectivity index (χ0v) is 8.93. The number of hydrogen-bond donors (Lipinski definition) is 1. The molecule has 2 heterocycles. The van der Waals surface area contributed by atoms with E-state index in [1.54, 1.807) is 13.1 Å². The Morgan fingerprint density at radius 3 is 3.07 bits per heavy atom. The molecule has 0 spiro atoms. The first kappa shape index (κ1) is 10.2. The van der Waals surface area contributed by atoms with E-state index in [9.17, 15) is 4.79 Å². The van der Waals surface area contributed by atoms with Gasteiger partial charge in [-0.25, -0.2) is 4.98 Å². The highest BCUT2D eigenvalue weighted by Crippen LogP contribution is 2.18. The summed E-state index contributed by atoms with van der Waals surface area (Å²) in [6.07, 6.45) is 3.10. The molecule has 15 heavy (non-hydrogen) atoms. The number of aromatic nitrogens is 1. The van der Waals surface area contributed by atoms with E-state index < -0.39 is 0 Å². The Morgan fingerprint density at radius 2 is 2.47 bits per heavy atom. The van der Waals surface area contributed by atoms with E-state index in [2.05, 4.69) is 17.2 Å². The topological polar surface area (TPSA) is 58.4 Å². The molecule has 0 radical (unpaired) electrons. The van der Waals surface area contributed by atoms with Crippen LogP contribution in [0, 0.1) is 0 Å². The molecule has 1 aromatic heterocycles. The molecule has 1 fully saturated rings. The number of hydrogen-bond acceptors (Lipinski definition) is 4. The third-order valence-corrected chi connectivity index (χ3v) is 2.62. The summed E-state index contributed by atoms with van der Waals surface area (Å²) in [5.74, 6) is 0.890. The van der Waals surface area contributed by atoms with Crippen molar-refractivity contribution in [2.45, 2.75) is 25.9 Å². The van der Waals surface area contributed by atoms with Crippen LogP contribution in [-0.2, 0) is 4.79 Å². The Morgan fingerprint density at radius 1 is 1.67 bits per heavy atom. The average Bonchev–Trinajstić information content (AvgIpc) is 2.69. The normalized spacial score (nSPS) is 26.7. The lowest BCUT2D eigenvalue weighted by Crippen LogP contribution is -2.52. The minimum absolute atomic E-state index is 0.0557. The van der Waals surface area contributed by atoms with Crippen molar-refractivity contribution in [3.8, 4) is 0 Å². The van der Waals surface area contributed by atoms with Gasteiger partial charge in [-0.2, -0.15) is 0 Å². The van der Waals surface area contributed by atoms with Gasteiger partial charge in [0.15, 0.2) is 6.39 Å². The van der Waals surface area contributed by atoms with E-state index in [0.29, 0.717) is 6.54 Å². The molecule has 1 aliphatic heterocycles. The fourth-order valence-corrected chi connectivity index (χ4v) is 1.90. The number of carbonyl (C=O) groups is 1. The standard InChI is InChI=1S/C10H15N3O2/c1-7-4-13(8(2)14)5-9(12-7)10-3-11-6-15-10/h3,6-7,9,12H,4-5H2,1-2H3. The Bertz CT molecular complexity index is 336. The fraction of sp³-hybridized carbons (Fsp3) is 0.600. The SMILES string of the molecule is CC(=O)N1CC(C)NC(c2cnco2)C1. The first-order valence-electron chi connectivity index (χ1n) is 5.06. The van der Waals surface area contributed by atoms with Crippen molar-refractivity contribution in [1.29, 1.82) is 0 Å². The molecule has 0 aliphatic carbocycles. The Labute approximate surface area is 88.5 Å². The molecule has 1 N–H and O–H groups in total. The molecule has 1 saturated heterocycles. The summed E-state index contributed by atoms with van der Waals surface area (Å²) in [6.45, 7) is 5.04. The van der Waals surface area contributed by atoms with Crippen LogP contribution in [0.3, 0.4) is 0 Å². The van der Waals surface area contributed by atoms with E-state index in [1.807, 2.05) is 4.90 Å². The predicted octanol–water partition coefficient (Wildman–Crippen LogP) is 0.556.